The van der Waals surface area contributed by atoms with E-state index in [0.717, 1.165) is 40.7 Å². The lowest BCUT2D eigenvalue weighted by Crippen LogP contribution is -2.18. The number of aromatic carboxylic acids is 1. The maximum absolute atomic E-state index is 11.6. The molecule has 0 saturated heterocycles. The highest BCUT2D eigenvalue weighted by molar-refractivity contribution is 5.89. The Bertz CT molecular complexity index is 2070. The van der Waals surface area contributed by atoms with Crippen LogP contribution in [0.15, 0.2) is 62.2 Å². The van der Waals surface area contributed by atoms with Gasteiger partial charge in [-0.15, -0.1) is 0 Å². The first-order chi connectivity index (χ1) is 23.6. The van der Waals surface area contributed by atoms with Gasteiger partial charge in [-0.05, 0) is 105 Å². The van der Waals surface area contributed by atoms with Crippen LogP contribution in [0.25, 0.3) is 11.1 Å². The van der Waals surface area contributed by atoms with Crippen molar-refractivity contribution >= 4 is 23.1 Å². The fraction of sp³-hybridized carbons (Fsp3) is 0.395. The fourth-order valence-electron chi connectivity index (χ4n) is 8.44. The van der Waals surface area contributed by atoms with E-state index in [1.165, 1.54) is 59.7 Å². The van der Waals surface area contributed by atoms with E-state index in [0.29, 0.717) is 17.2 Å². The minimum atomic E-state index is -1.03. The first kappa shape index (κ1) is 37.3. The lowest BCUT2D eigenvalue weighted by Gasteiger charge is -2.22. The van der Waals surface area contributed by atoms with E-state index in [4.69, 9.17) is 9.84 Å². The van der Waals surface area contributed by atoms with Crippen molar-refractivity contribution in [1.82, 2.24) is 19.9 Å². The molecule has 2 aromatic carbocycles. The summed E-state index contributed by atoms with van der Waals surface area (Å²) in [5.41, 5.74) is 12.4. The van der Waals surface area contributed by atoms with E-state index >= 15 is 0 Å². The summed E-state index contributed by atoms with van der Waals surface area (Å²) in [5, 5.41) is 8.99. The van der Waals surface area contributed by atoms with Crippen molar-refractivity contribution in [3.63, 3.8) is 0 Å². The summed E-state index contributed by atoms with van der Waals surface area (Å²) in [6.45, 7) is 30.9. The number of hydrogen-bond donors (Lipinski definition) is 1. The van der Waals surface area contributed by atoms with E-state index in [2.05, 4.69) is 127 Å². The lowest BCUT2D eigenvalue weighted by molar-refractivity contribution is 0.0598. The predicted octanol–water partition coefficient (Wildman–Crippen LogP) is 9.10. The molecule has 0 radical (unpaired) electrons. The lowest BCUT2D eigenvalue weighted by atomic mass is 9.82. The molecule has 0 amide bonds. The van der Waals surface area contributed by atoms with Gasteiger partial charge in [0, 0.05) is 35.9 Å². The topological polar surface area (TPSA) is 115 Å². The Labute approximate surface area is 302 Å². The van der Waals surface area contributed by atoms with E-state index in [1.807, 2.05) is 0 Å². The third-order valence-corrected chi connectivity index (χ3v) is 10.6. The second kappa shape index (κ2) is 13.0. The Morgan fingerprint density at radius 1 is 0.608 bits per heavy atom. The summed E-state index contributed by atoms with van der Waals surface area (Å²) in [5.74, 6) is -0.492. The zero-order valence-corrected chi connectivity index (χ0v) is 31.9. The van der Waals surface area contributed by atoms with Gasteiger partial charge in [0.05, 0.1) is 18.2 Å². The van der Waals surface area contributed by atoms with Gasteiger partial charge in [-0.3, -0.25) is 0 Å². The molecule has 0 atom stereocenters. The number of carbonyl (C=O) groups is 2. The van der Waals surface area contributed by atoms with Gasteiger partial charge in [0.1, 0.15) is 0 Å². The highest BCUT2D eigenvalue weighted by Gasteiger charge is 2.43. The van der Waals surface area contributed by atoms with Crippen molar-refractivity contribution in [1.29, 1.82) is 0 Å². The molecule has 2 aliphatic rings. The van der Waals surface area contributed by atoms with Crippen LogP contribution in [0.5, 0.6) is 0 Å². The second-order valence-corrected chi connectivity index (χ2v) is 16.7. The van der Waals surface area contributed by atoms with Crippen LogP contribution in [0.2, 0.25) is 0 Å². The Hall–Kier alpha value is -4.98. The summed E-state index contributed by atoms with van der Waals surface area (Å²) < 4.78 is 4.69. The predicted molar refractivity (Wildman–Crippen MR) is 202 cm³/mol. The van der Waals surface area contributed by atoms with Crippen LogP contribution in [0.4, 0.5) is 0 Å². The molecule has 0 unspecified atom stereocenters. The molecule has 51 heavy (non-hydrogen) atoms. The number of hydrogen-bond acceptors (Lipinski definition) is 7. The molecule has 0 spiro atoms. The number of benzene rings is 2. The molecule has 6 rings (SSSR count). The van der Waals surface area contributed by atoms with Crippen molar-refractivity contribution in [2.45, 2.75) is 104 Å². The SMILES string of the molecule is C=C(c1ncc(C(=O)O)cn1)c1cc2c(cc1C)C(C)(C)CC2(C)C.C=C(c1ncc(C(=O)OC)cn1)c1cc2c(cc1C)C(C)(C)CC2(C)C. The second-order valence-electron chi connectivity index (χ2n) is 16.7. The molecule has 2 heterocycles. The monoisotopic (exact) mass is 686 g/mol. The van der Waals surface area contributed by atoms with E-state index in [1.54, 1.807) is 0 Å². The van der Waals surface area contributed by atoms with Crippen molar-refractivity contribution < 1.29 is 19.4 Å². The molecule has 2 aliphatic carbocycles. The van der Waals surface area contributed by atoms with E-state index in [9.17, 15) is 9.59 Å². The van der Waals surface area contributed by atoms with E-state index in [-0.39, 0.29) is 27.2 Å². The summed E-state index contributed by atoms with van der Waals surface area (Å²) in [6, 6.07) is 9.01. The minimum absolute atomic E-state index is 0.0742. The molecular weight excluding hydrogens is 636 g/mol. The Kier molecular flexibility index (Phi) is 9.48. The van der Waals surface area contributed by atoms with E-state index < -0.39 is 11.9 Å². The molecule has 0 aliphatic heterocycles. The number of ether oxygens (including phenoxy) is 1. The van der Waals surface area contributed by atoms with Crippen molar-refractivity contribution in [3.8, 4) is 0 Å². The molecule has 2 aromatic heterocycles. The van der Waals surface area contributed by atoms with Crippen molar-refractivity contribution in [2.75, 3.05) is 7.11 Å². The number of aromatic nitrogens is 4. The first-order valence-electron chi connectivity index (χ1n) is 17.3. The number of esters is 1. The normalized spacial score (nSPS) is 17.0. The number of nitrogens with zero attached hydrogens (tertiary/aromatic N) is 4. The number of carboxylic acids is 1. The summed E-state index contributed by atoms with van der Waals surface area (Å²) in [7, 11) is 1.34. The molecule has 1 N–H and O–H groups in total. The molecule has 4 aromatic rings. The molecule has 8 nitrogen and oxygen atoms in total. The van der Waals surface area contributed by atoms with Crippen molar-refractivity contribution in [2.24, 2.45) is 0 Å². The maximum Gasteiger partial charge on any atom is 0.341 e. The number of fused-ring (bicyclic) bond motifs is 2. The fourth-order valence-corrected chi connectivity index (χ4v) is 8.44. The highest BCUT2D eigenvalue weighted by atomic mass is 16.5. The van der Waals surface area contributed by atoms with Crippen LogP contribution in [0.3, 0.4) is 0 Å². The third-order valence-electron chi connectivity index (χ3n) is 10.6. The Morgan fingerprint density at radius 3 is 1.24 bits per heavy atom. The van der Waals surface area contributed by atoms with Gasteiger partial charge in [-0.25, -0.2) is 29.5 Å². The zero-order chi connectivity index (χ0) is 37.8. The summed E-state index contributed by atoms with van der Waals surface area (Å²) >= 11 is 0. The molecular formula is C43H50N4O4. The van der Waals surface area contributed by atoms with Crippen LogP contribution >= 0.6 is 0 Å². The molecule has 0 bridgehead atoms. The molecule has 0 fully saturated rings. The average Bonchev–Trinajstić information content (AvgIpc) is 3.36. The first-order valence-corrected chi connectivity index (χ1v) is 17.3. The number of methoxy groups -OCH3 is 1. The van der Waals surface area contributed by atoms with Gasteiger partial charge in [0.25, 0.3) is 0 Å². The number of carbonyl (C=O) groups excluding carboxylic acids is 1. The average molecular weight is 687 g/mol. The van der Waals surface area contributed by atoms with Gasteiger partial charge >= 0.3 is 11.9 Å². The van der Waals surface area contributed by atoms with Crippen LogP contribution in [-0.4, -0.2) is 44.1 Å². The standard InChI is InChI=1S/C22H26N2O2.C21H24N2O2/c1-13-8-17-18(22(5,6)12-21(17,3)4)9-16(13)14(2)19-23-10-15(11-24-19)20(25)26-7;1-12-7-16-17(21(5,6)11-20(16,3)4)8-15(12)13(2)18-22-9-14(10-23-18)19(24)25/h8-11H,2,12H2,1,3-7H3;7-10H,2,11H2,1,3-6H3,(H,24,25). The van der Waals surface area contributed by atoms with Crippen molar-refractivity contribution in [3.05, 3.63) is 129 Å². The number of carboxylic acid groups (broad SMARTS) is 1. The van der Waals surface area contributed by atoms with Crippen LogP contribution in [0.1, 0.15) is 145 Å². The molecule has 8 heteroatoms. The zero-order valence-electron chi connectivity index (χ0n) is 31.9. The number of aryl methyl sites for hydroxylation is 2. The molecule has 266 valence electrons. The maximum atomic E-state index is 11.6. The van der Waals surface area contributed by atoms with Gasteiger partial charge in [0.2, 0.25) is 0 Å². The smallest absolute Gasteiger partial charge is 0.341 e. The third kappa shape index (κ3) is 7.01. The van der Waals surface area contributed by atoms with Gasteiger partial charge in [-0.1, -0.05) is 80.7 Å². The van der Waals surface area contributed by atoms with Crippen LogP contribution in [-0.2, 0) is 26.4 Å². The molecule has 0 saturated carbocycles. The minimum Gasteiger partial charge on any atom is -0.478 e. The quantitative estimate of drug-likeness (QED) is 0.200. The van der Waals surface area contributed by atoms with Crippen LogP contribution < -0.4 is 0 Å². The van der Waals surface area contributed by atoms with Crippen LogP contribution in [0, 0.1) is 13.8 Å². The van der Waals surface area contributed by atoms with Gasteiger partial charge in [0.15, 0.2) is 11.6 Å². The highest BCUT2D eigenvalue weighted by Crippen LogP contribution is 2.51. The summed E-state index contributed by atoms with van der Waals surface area (Å²) in [4.78, 5) is 39.5. The summed E-state index contributed by atoms with van der Waals surface area (Å²) in [6.07, 6.45) is 7.84. The Morgan fingerprint density at radius 2 is 0.922 bits per heavy atom. The largest absolute Gasteiger partial charge is 0.478 e. The Balaban J connectivity index is 0.000000198. The van der Waals surface area contributed by atoms with Gasteiger partial charge in [-0.2, -0.15) is 0 Å². The number of rotatable bonds is 6. The van der Waals surface area contributed by atoms with Gasteiger partial charge < -0.3 is 9.84 Å².